The van der Waals surface area contributed by atoms with Gasteiger partial charge in [0, 0.05) is 43.7 Å². The molecular weight excluding hydrogens is 639 g/mol. The Bertz CT molecular complexity index is 3090. The van der Waals surface area contributed by atoms with Crippen LogP contribution in [0.25, 0.3) is 88.1 Å². The van der Waals surface area contributed by atoms with E-state index in [1.165, 1.54) is 0 Å². The smallest absolute Gasteiger partial charge is 0.159 e. The van der Waals surface area contributed by atoms with Gasteiger partial charge in [0.1, 0.15) is 27.9 Å². The fourth-order valence-corrected chi connectivity index (χ4v) is 7.76. The van der Waals surface area contributed by atoms with Gasteiger partial charge in [-0.05, 0) is 107 Å². The molecule has 0 spiro atoms. The summed E-state index contributed by atoms with van der Waals surface area (Å²) < 4.78 is 19.2. The second kappa shape index (κ2) is 11.2. The van der Waals surface area contributed by atoms with Gasteiger partial charge in [0.15, 0.2) is 5.58 Å². The zero-order valence-corrected chi connectivity index (χ0v) is 27.9. The predicted octanol–water partition coefficient (Wildman–Crippen LogP) is 14.2. The van der Waals surface area contributed by atoms with Crippen molar-refractivity contribution in [2.45, 2.75) is 0 Å². The van der Waals surface area contributed by atoms with Gasteiger partial charge in [0.25, 0.3) is 0 Å². The lowest BCUT2D eigenvalue weighted by atomic mass is 9.99. The zero-order valence-electron chi connectivity index (χ0n) is 27.9. The van der Waals surface area contributed by atoms with E-state index in [-0.39, 0.29) is 0 Å². The number of benzene rings is 8. The van der Waals surface area contributed by atoms with E-state index in [1.807, 2.05) is 24.3 Å². The Morgan fingerprint density at radius 2 is 0.750 bits per heavy atom. The van der Waals surface area contributed by atoms with Crippen LogP contribution in [0.4, 0.5) is 17.1 Å². The summed E-state index contributed by atoms with van der Waals surface area (Å²) in [6.45, 7) is 0. The minimum absolute atomic E-state index is 0.853. The largest absolute Gasteiger partial charge is 0.456 e. The van der Waals surface area contributed by atoms with Crippen LogP contribution in [-0.2, 0) is 0 Å². The molecule has 244 valence electrons. The van der Waals surface area contributed by atoms with Crippen LogP contribution in [0.3, 0.4) is 0 Å². The third-order valence-corrected chi connectivity index (χ3v) is 10.3. The van der Waals surface area contributed by atoms with Gasteiger partial charge in [-0.1, -0.05) is 91.0 Å². The number of hydrogen-bond acceptors (Lipinski definition) is 4. The standard InChI is InChI=1S/C48H29NO3/c1-3-10-34(11-4-1)49(35-12-5-2-6-13-35)42-16-9-15-38-41-28-32(21-25-46(41)52-48(38)42)33-18-22-37-40-27-31(20-24-45(40)51-47(37)29-33)30-19-23-44-39(26-30)36-14-7-8-17-43(36)50-44/h1-29H. The Morgan fingerprint density at radius 1 is 0.288 bits per heavy atom. The molecule has 3 heterocycles. The fraction of sp³-hybridized carbons (Fsp3) is 0. The third kappa shape index (κ3) is 4.48. The molecule has 0 saturated carbocycles. The number of furan rings is 3. The average molecular weight is 668 g/mol. The van der Waals surface area contributed by atoms with Gasteiger partial charge in [-0.25, -0.2) is 0 Å². The number of anilines is 3. The SMILES string of the molecule is c1ccc(N(c2ccccc2)c2cccc3c2oc2ccc(-c4ccc5c(c4)oc4ccc(-c6ccc7oc8ccccc8c7c6)cc45)cc23)cc1. The molecule has 0 saturated heterocycles. The van der Waals surface area contributed by atoms with Crippen LogP contribution in [0.5, 0.6) is 0 Å². The maximum atomic E-state index is 6.63. The van der Waals surface area contributed by atoms with E-state index in [9.17, 15) is 0 Å². The molecule has 0 radical (unpaired) electrons. The Kier molecular flexibility index (Phi) is 6.22. The van der Waals surface area contributed by atoms with E-state index in [1.54, 1.807) is 0 Å². The van der Waals surface area contributed by atoms with E-state index in [0.717, 1.165) is 105 Å². The maximum absolute atomic E-state index is 6.63. The quantitative estimate of drug-likeness (QED) is 0.183. The van der Waals surface area contributed by atoms with E-state index in [2.05, 4.69) is 157 Å². The molecule has 4 heteroatoms. The Hall–Kier alpha value is -7.04. The highest BCUT2D eigenvalue weighted by Crippen LogP contribution is 2.43. The molecule has 0 unspecified atom stereocenters. The van der Waals surface area contributed by atoms with Crippen molar-refractivity contribution in [3.05, 3.63) is 176 Å². The molecular formula is C48H29NO3. The summed E-state index contributed by atoms with van der Waals surface area (Å²) in [5.74, 6) is 0. The van der Waals surface area contributed by atoms with Gasteiger partial charge >= 0.3 is 0 Å². The number of rotatable bonds is 5. The number of fused-ring (bicyclic) bond motifs is 9. The van der Waals surface area contributed by atoms with Crippen LogP contribution >= 0.6 is 0 Å². The summed E-state index contributed by atoms with van der Waals surface area (Å²) >= 11 is 0. The second-order valence-electron chi connectivity index (χ2n) is 13.3. The second-order valence-corrected chi connectivity index (χ2v) is 13.3. The molecule has 0 aliphatic rings. The van der Waals surface area contributed by atoms with Crippen molar-refractivity contribution in [3.8, 4) is 22.3 Å². The first-order valence-corrected chi connectivity index (χ1v) is 17.5. The molecule has 0 atom stereocenters. The lowest BCUT2D eigenvalue weighted by Gasteiger charge is -2.25. The first-order valence-electron chi connectivity index (χ1n) is 17.5. The van der Waals surface area contributed by atoms with Crippen molar-refractivity contribution in [2.24, 2.45) is 0 Å². The summed E-state index contributed by atoms with van der Waals surface area (Å²) in [4.78, 5) is 2.25. The van der Waals surface area contributed by atoms with Gasteiger partial charge in [-0.2, -0.15) is 0 Å². The van der Waals surface area contributed by atoms with Gasteiger partial charge in [-0.15, -0.1) is 0 Å². The molecule has 0 amide bonds. The highest BCUT2D eigenvalue weighted by Gasteiger charge is 2.20. The van der Waals surface area contributed by atoms with E-state index in [4.69, 9.17) is 13.3 Å². The Morgan fingerprint density at radius 3 is 1.40 bits per heavy atom. The Labute approximate surface area is 298 Å². The monoisotopic (exact) mass is 667 g/mol. The summed E-state index contributed by atoms with van der Waals surface area (Å²) in [6, 6.07) is 61.3. The van der Waals surface area contributed by atoms with E-state index >= 15 is 0 Å². The molecule has 11 aromatic rings. The average Bonchev–Trinajstić information content (AvgIpc) is 3.89. The van der Waals surface area contributed by atoms with Crippen molar-refractivity contribution < 1.29 is 13.3 Å². The molecule has 4 nitrogen and oxygen atoms in total. The molecule has 11 rings (SSSR count). The summed E-state index contributed by atoms with van der Waals surface area (Å²) in [5.41, 5.74) is 12.9. The summed E-state index contributed by atoms with van der Waals surface area (Å²) in [6.07, 6.45) is 0. The topological polar surface area (TPSA) is 42.7 Å². The van der Waals surface area contributed by atoms with Crippen LogP contribution in [0.2, 0.25) is 0 Å². The van der Waals surface area contributed by atoms with Gasteiger partial charge in [0.2, 0.25) is 0 Å². The molecule has 0 fully saturated rings. The van der Waals surface area contributed by atoms with Gasteiger partial charge < -0.3 is 18.2 Å². The minimum Gasteiger partial charge on any atom is -0.456 e. The molecule has 0 aliphatic carbocycles. The van der Waals surface area contributed by atoms with Gasteiger partial charge in [-0.3, -0.25) is 0 Å². The van der Waals surface area contributed by atoms with Gasteiger partial charge in [0.05, 0.1) is 5.69 Å². The molecule has 8 aromatic carbocycles. The molecule has 3 aromatic heterocycles. The fourth-order valence-electron chi connectivity index (χ4n) is 7.76. The predicted molar refractivity (Wildman–Crippen MR) is 214 cm³/mol. The third-order valence-electron chi connectivity index (χ3n) is 10.3. The van der Waals surface area contributed by atoms with Crippen LogP contribution in [0.1, 0.15) is 0 Å². The van der Waals surface area contributed by atoms with Crippen LogP contribution < -0.4 is 4.90 Å². The zero-order chi connectivity index (χ0) is 34.2. The van der Waals surface area contributed by atoms with E-state index < -0.39 is 0 Å². The number of hydrogen-bond donors (Lipinski definition) is 0. The molecule has 0 N–H and O–H groups in total. The van der Waals surface area contributed by atoms with Crippen LogP contribution in [-0.4, -0.2) is 0 Å². The molecule has 52 heavy (non-hydrogen) atoms. The first-order chi connectivity index (χ1) is 25.7. The van der Waals surface area contributed by atoms with Crippen molar-refractivity contribution in [1.82, 2.24) is 0 Å². The maximum Gasteiger partial charge on any atom is 0.159 e. The number of nitrogens with zero attached hydrogens (tertiary/aromatic N) is 1. The first kappa shape index (κ1) is 28.8. The highest BCUT2D eigenvalue weighted by atomic mass is 16.3. The molecule has 0 bridgehead atoms. The number of para-hydroxylation sites is 4. The highest BCUT2D eigenvalue weighted by molar-refractivity contribution is 6.12. The van der Waals surface area contributed by atoms with Crippen molar-refractivity contribution in [1.29, 1.82) is 0 Å². The molecule has 0 aliphatic heterocycles. The van der Waals surface area contributed by atoms with Crippen LogP contribution in [0.15, 0.2) is 189 Å². The van der Waals surface area contributed by atoms with Crippen molar-refractivity contribution in [3.63, 3.8) is 0 Å². The Balaban J connectivity index is 0.990. The van der Waals surface area contributed by atoms with E-state index in [0.29, 0.717) is 0 Å². The van der Waals surface area contributed by atoms with Crippen molar-refractivity contribution in [2.75, 3.05) is 4.90 Å². The van der Waals surface area contributed by atoms with Crippen molar-refractivity contribution >= 4 is 82.9 Å². The lowest BCUT2D eigenvalue weighted by molar-refractivity contribution is 0.668. The normalized spacial score (nSPS) is 11.8. The summed E-state index contributed by atoms with van der Waals surface area (Å²) in [5, 5.41) is 6.60. The lowest BCUT2D eigenvalue weighted by Crippen LogP contribution is -2.09. The minimum atomic E-state index is 0.853. The summed E-state index contributed by atoms with van der Waals surface area (Å²) in [7, 11) is 0. The van der Waals surface area contributed by atoms with Crippen LogP contribution in [0, 0.1) is 0 Å².